The smallest absolute Gasteiger partial charge is 0.305 e. The van der Waals surface area contributed by atoms with Gasteiger partial charge in [-0.15, -0.1) is 0 Å². The summed E-state index contributed by atoms with van der Waals surface area (Å²) in [5.74, 6) is -0.0815. The van der Waals surface area contributed by atoms with Gasteiger partial charge in [0.1, 0.15) is 0 Å². The maximum Gasteiger partial charge on any atom is 0.305 e. The first-order valence-corrected chi connectivity index (χ1v) is 10.4. The molecule has 0 aliphatic carbocycles. The Morgan fingerprint density at radius 1 is 0.731 bits per heavy atom. The molecule has 0 saturated carbocycles. The Balaban J connectivity index is 3.71. The van der Waals surface area contributed by atoms with E-state index in [1.54, 1.807) is 7.11 Å². The van der Waals surface area contributed by atoms with Crippen molar-refractivity contribution < 1.29 is 23.8 Å². The second-order valence-electron chi connectivity index (χ2n) is 6.96. The van der Waals surface area contributed by atoms with Gasteiger partial charge in [0.25, 0.3) is 0 Å². The van der Waals surface area contributed by atoms with Gasteiger partial charge in [0.2, 0.25) is 0 Å². The van der Waals surface area contributed by atoms with Crippen LogP contribution in [0.5, 0.6) is 0 Å². The first-order valence-electron chi connectivity index (χ1n) is 10.4. The summed E-state index contributed by atoms with van der Waals surface area (Å²) in [5.41, 5.74) is 0. The van der Waals surface area contributed by atoms with Gasteiger partial charge in [-0.25, -0.2) is 0 Å². The average Bonchev–Trinajstić information content (AvgIpc) is 2.64. The van der Waals surface area contributed by atoms with Gasteiger partial charge < -0.3 is 14.2 Å². The van der Waals surface area contributed by atoms with Crippen molar-refractivity contribution in [3.63, 3.8) is 0 Å². The van der Waals surface area contributed by atoms with Crippen LogP contribution in [0, 0.1) is 5.92 Å². The molecule has 0 N–H and O–H groups in total. The summed E-state index contributed by atoms with van der Waals surface area (Å²) in [5, 5.41) is 0. The van der Waals surface area contributed by atoms with E-state index in [-0.39, 0.29) is 24.8 Å². The van der Waals surface area contributed by atoms with Crippen molar-refractivity contribution in [3.8, 4) is 0 Å². The Kier molecular flexibility index (Phi) is 17.9. The lowest BCUT2D eigenvalue weighted by Crippen LogP contribution is -2.16. The Morgan fingerprint density at radius 2 is 1.38 bits per heavy atom. The van der Waals surface area contributed by atoms with E-state index in [1.165, 1.54) is 19.3 Å². The standard InChI is InChI=1S/C21H40O5/c1-4-6-8-9-10-16-25-20(22)13-11-14-21(23)26-18-19(12-7-5-2)15-17-24-3/h19H,4-18H2,1-3H3. The predicted octanol–water partition coefficient (Wildman–Crippen LogP) is 5.06. The Morgan fingerprint density at radius 3 is 2.04 bits per heavy atom. The Hall–Kier alpha value is -1.10. The molecule has 0 saturated heterocycles. The first-order chi connectivity index (χ1) is 12.6. The molecule has 0 fully saturated rings. The number of hydrogen-bond donors (Lipinski definition) is 0. The van der Waals surface area contributed by atoms with Crippen molar-refractivity contribution in [3.05, 3.63) is 0 Å². The second-order valence-corrected chi connectivity index (χ2v) is 6.96. The highest BCUT2D eigenvalue weighted by atomic mass is 16.5. The van der Waals surface area contributed by atoms with E-state index in [1.807, 2.05) is 0 Å². The number of methoxy groups -OCH3 is 1. The van der Waals surface area contributed by atoms with E-state index in [0.717, 1.165) is 38.5 Å². The lowest BCUT2D eigenvalue weighted by atomic mass is 10.00. The van der Waals surface area contributed by atoms with Gasteiger partial charge in [-0.2, -0.15) is 0 Å². The van der Waals surface area contributed by atoms with E-state index in [9.17, 15) is 9.59 Å². The zero-order valence-corrected chi connectivity index (χ0v) is 17.2. The van der Waals surface area contributed by atoms with Crippen molar-refractivity contribution in [1.82, 2.24) is 0 Å². The minimum absolute atomic E-state index is 0.214. The van der Waals surface area contributed by atoms with E-state index < -0.39 is 0 Å². The molecule has 0 spiro atoms. The van der Waals surface area contributed by atoms with Crippen molar-refractivity contribution >= 4 is 11.9 Å². The SMILES string of the molecule is CCCCCCCOC(=O)CCCC(=O)OCC(CCCC)CCOC. The van der Waals surface area contributed by atoms with Gasteiger partial charge in [-0.1, -0.05) is 52.4 Å². The van der Waals surface area contributed by atoms with Crippen LogP contribution in [0.4, 0.5) is 0 Å². The molecule has 0 heterocycles. The van der Waals surface area contributed by atoms with Crippen LogP contribution in [0.1, 0.15) is 90.9 Å². The van der Waals surface area contributed by atoms with E-state index in [4.69, 9.17) is 14.2 Å². The molecule has 0 bridgehead atoms. The summed E-state index contributed by atoms with van der Waals surface area (Å²) in [6, 6.07) is 0. The molecule has 5 heteroatoms. The maximum absolute atomic E-state index is 11.8. The summed E-state index contributed by atoms with van der Waals surface area (Å²) in [4.78, 5) is 23.5. The second kappa shape index (κ2) is 18.7. The van der Waals surface area contributed by atoms with Crippen LogP contribution >= 0.6 is 0 Å². The summed E-state index contributed by atoms with van der Waals surface area (Å²) in [7, 11) is 1.69. The number of carbonyl (C=O) groups is 2. The van der Waals surface area contributed by atoms with Crippen molar-refractivity contribution in [2.24, 2.45) is 5.92 Å². The molecule has 0 radical (unpaired) electrons. The average molecular weight is 373 g/mol. The lowest BCUT2D eigenvalue weighted by Gasteiger charge is -2.16. The molecule has 0 aromatic carbocycles. The van der Waals surface area contributed by atoms with Gasteiger partial charge in [0.05, 0.1) is 13.2 Å². The molecule has 154 valence electrons. The highest BCUT2D eigenvalue weighted by Gasteiger charge is 2.12. The largest absolute Gasteiger partial charge is 0.466 e. The zero-order valence-electron chi connectivity index (χ0n) is 17.2. The molecular formula is C21H40O5. The minimum atomic E-state index is -0.226. The first kappa shape index (κ1) is 24.9. The summed E-state index contributed by atoms with van der Waals surface area (Å²) in [6.07, 6.45) is 11.0. The minimum Gasteiger partial charge on any atom is -0.466 e. The van der Waals surface area contributed by atoms with E-state index >= 15 is 0 Å². The van der Waals surface area contributed by atoms with Gasteiger partial charge >= 0.3 is 11.9 Å². The molecule has 0 amide bonds. The maximum atomic E-state index is 11.8. The van der Waals surface area contributed by atoms with Crippen molar-refractivity contribution in [1.29, 1.82) is 0 Å². The number of ether oxygens (including phenoxy) is 3. The molecule has 0 aliphatic heterocycles. The van der Waals surface area contributed by atoms with Gasteiger partial charge in [-0.3, -0.25) is 9.59 Å². The number of rotatable bonds is 18. The van der Waals surface area contributed by atoms with Crippen LogP contribution in [0.25, 0.3) is 0 Å². The summed E-state index contributed by atoms with van der Waals surface area (Å²) in [6.45, 7) is 5.96. The molecule has 5 nitrogen and oxygen atoms in total. The molecule has 0 rings (SSSR count). The molecule has 26 heavy (non-hydrogen) atoms. The molecule has 0 aromatic rings. The number of esters is 2. The fourth-order valence-corrected chi connectivity index (χ4v) is 2.71. The Labute approximate surface area is 160 Å². The van der Waals surface area contributed by atoms with Crippen LogP contribution in [0.3, 0.4) is 0 Å². The van der Waals surface area contributed by atoms with Crippen molar-refractivity contribution in [2.45, 2.75) is 90.9 Å². The number of carbonyl (C=O) groups excluding carboxylic acids is 2. The van der Waals surface area contributed by atoms with E-state index in [2.05, 4.69) is 13.8 Å². The van der Waals surface area contributed by atoms with Crippen LogP contribution in [0.15, 0.2) is 0 Å². The summed E-state index contributed by atoms with van der Waals surface area (Å²) >= 11 is 0. The van der Waals surface area contributed by atoms with Crippen LogP contribution in [-0.2, 0) is 23.8 Å². The van der Waals surface area contributed by atoms with Gasteiger partial charge in [-0.05, 0) is 31.6 Å². The number of hydrogen-bond acceptors (Lipinski definition) is 5. The normalized spacial score (nSPS) is 12.0. The number of unbranched alkanes of at least 4 members (excludes halogenated alkanes) is 5. The predicted molar refractivity (Wildman–Crippen MR) is 104 cm³/mol. The third kappa shape index (κ3) is 16.4. The van der Waals surface area contributed by atoms with Crippen LogP contribution < -0.4 is 0 Å². The van der Waals surface area contributed by atoms with Gasteiger partial charge in [0, 0.05) is 26.6 Å². The fraction of sp³-hybridized carbons (Fsp3) is 0.905. The van der Waals surface area contributed by atoms with Crippen LogP contribution in [-0.4, -0.2) is 38.9 Å². The highest BCUT2D eigenvalue weighted by Crippen LogP contribution is 2.14. The highest BCUT2D eigenvalue weighted by molar-refractivity contribution is 5.72. The Bertz CT molecular complexity index is 335. The van der Waals surface area contributed by atoms with Crippen LogP contribution in [0.2, 0.25) is 0 Å². The molecular weight excluding hydrogens is 332 g/mol. The summed E-state index contributed by atoms with van der Waals surface area (Å²) < 4.78 is 15.7. The molecule has 0 aromatic heterocycles. The van der Waals surface area contributed by atoms with Crippen molar-refractivity contribution in [2.75, 3.05) is 26.9 Å². The third-order valence-corrected chi connectivity index (χ3v) is 4.45. The quantitative estimate of drug-likeness (QED) is 0.249. The molecule has 0 aliphatic rings. The zero-order chi connectivity index (χ0) is 19.5. The lowest BCUT2D eigenvalue weighted by molar-refractivity contribution is -0.146. The third-order valence-electron chi connectivity index (χ3n) is 4.45. The monoisotopic (exact) mass is 372 g/mol. The molecule has 1 unspecified atom stereocenters. The molecule has 1 atom stereocenters. The van der Waals surface area contributed by atoms with E-state index in [0.29, 0.717) is 32.2 Å². The topological polar surface area (TPSA) is 61.8 Å². The fourth-order valence-electron chi connectivity index (χ4n) is 2.71. The van der Waals surface area contributed by atoms with Gasteiger partial charge in [0.15, 0.2) is 0 Å².